The molecule has 0 saturated carbocycles. The molecule has 2 N–H and O–H groups in total. The summed E-state index contributed by atoms with van der Waals surface area (Å²) < 4.78 is 39.6. The van der Waals surface area contributed by atoms with Gasteiger partial charge >= 0.3 is 0 Å². The Bertz CT molecular complexity index is 736. The van der Waals surface area contributed by atoms with Crippen LogP contribution >= 0.6 is 11.6 Å². The van der Waals surface area contributed by atoms with Crippen LogP contribution in [0.5, 0.6) is 0 Å². The second kappa shape index (κ2) is 6.28. The Morgan fingerprint density at radius 1 is 1.29 bits per heavy atom. The van der Waals surface area contributed by atoms with Crippen LogP contribution in [0, 0.1) is 5.82 Å². The van der Waals surface area contributed by atoms with E-state index in [2.05, 4.69) is 15.0 Å². The maximum absolute atomic E-state index is 12.9. The highest BCUT2D eigenvalue weighted by Crippen LogP contribution is 2.25. The van der Waals surface area contributed by atoms with Crippen LogP contribution in [-0.2, 0) is 10.0 Å². The molecule has 0 radical (unpaired) electrons. The van der Waals surface area contributed by atoms with Gasteiger partial charge < -0.3 is 5.32 Å². The first-order valence-electron chi connectivity index (χ1n) is 6.10. The predicted molar refractivity (Wildman–Crippen MR) is 80.6 cm³/mol. The molecule has 5 nitrogen and oxygen atoms in total. The van der Waals surface area contributed by atoms with E-state index < -0.39 is 15.8 Å². The summed E-state index contributed by atoms with van der Waals surface area (Å²) in [6, 6.07) is 6.40. The first-order valence-corrected chi connectivity index (χ1v) is 7.96. The van der Waals surface area contributed by atoms with Crippen molar-refractivity contribution in [1.29, 1.82) is 0 Å². The first-order chi connectivity index (χ1) is 9.92. The van der Waals surface area contributed by atoms with Gasteiger partial charge in [0.15, 0.2) is 0 Å². The molecule has 112 valence electrons. The van der Waals surface area contributed by atoms with Gasteiger partial charge in [-0.05, 0) is 37.3 Å². The standard InChI is InChI=1S/C13H13ClFN3O2S/c1-2-16-13-6-4-10(8-17-13)21(19,20)18-12-5-3-9(15)7-11(12)14/h3-8,18H,2H2,1H3,(H,16,17). The Kier molecular flexibility index (Phi) is 4.64. The Labute approximate surface area is 127 Å². The van der Waals surface area contributed by atoms with Crippen LogP contribution in [0.4, 0.5) is 15.9 Å². The van der Waals surface area contributed by atoms with Gasteiger partial charge in [-0.1, -0.05) is 11.6 Å². The number of hydrogen-bond donors (Lipinski definition) is 2. The lowest BCUT2D eigenvalue weighted by molar-refractivity contribution is 0.600. The normalized spacial score (nSPS) is 11.2. The van der Waals surface area contributed by atoms with Gasteiger partial charge in [0.05, 0.1) is 10.7 Å². The van der Waals surface area contributed by atoms with Crippen LogP contribution in [0.1, 0.15) is 6.92 Å². The summed E-state index contributed by atoms with van der Waals surface area (Å²) in [4.78, 5) is 3.98. The number of nitrogens with one attached hydrogen (secondary N) is 2. The van der Waals surface area contributed by atoms with Gasteiger partial charge in [0.25, 0.3) is 10.0 Å². The molecule has 0 fully saturated rings. The lowest BCUT2D eigenvalue weighted by Gasteiger charge is -2.10. The zero-order valence-corrected chi connectivity index (χ0v) is 12.7. The Morgan fingerprint density at radius 3 is 2.62 bits per heavy atom. The zero-order valence-electron chi connectivity index (χ0n) is 11.1. The molecule has 21 heavy (non-hydrogen) atoms. The van der Waals surface area contributed by atoms with E-state index in [0.717, 1.165) is 12.1 Å². The molecule has 1 aromatic carbocycles. The minimum atomic E-state index is -3.83. The molecule has 0 unspecified atom stereocenters. The van der Waals surface area contributed by atoms with Crippen LogP contribution in [0.25, 0.3) is 0 Å². The Morgan fingerprint density at radius 2 is 2.05 bits per heavy atom. The van der Waals surface area contributed by atoms with Crippen molar-refractivity contribution >= 4 is 33.1 Å². The third kappa shape index (κ3) is 3.83. The summed E-state index contributed by atoms with van der Waals surface area (Å²) in [5, 5.41) is 2.94. The van der Waals surface area contributed by atoms with Crippen molar-refractivity contribution in [3.8, 4) is 0 Å². The minimum absolute atomic E-state index is 0.00968. The Hall–Kier alpha value is -1.86. The quantitative estimate of drug-likeness (QED) is 0.884. The van der Waals surface area contributed by atoms with Gasteiger partial charge in [0.1, 0.15) is 16.5 Å². The third-order valence-corrected chi connectivity index (χ3v) is 4.24. The fourth-order valence-corrected chi connectivity index (χ4v) is 2.90. The molecule has 8 heteroatoms. The highest BCUT2D eigenvalue weighted by Gasteiger charge is 2.16. The largest absolute Gasteiger partial charge is 0.370 e. The number of halogens is 2. The first kappa shape index (κ1) is 15.5. The summed E-state index contributed by atoms with van der Waals surface area (Å²) >= 11 is 5.80. The van der Waals surface area contributed by atoms with Crippen molar-refractivity contribution in [2.24, 2.45) is 0 Å². The van der Waals surface area contributed by atoms with Gasteiger partial charge in [0, 0.05) is 12.7 Å². The van der Waals surface area contributed by atoms with Gasteiger partial charge in [-0.25, -0.2) is 17.8 Å². The second-order valence-corrected chi connectivity index (χ2v) is 6.23. The molecule has 2 rings (SSSR count). The molecule has 0 aliphatic carbocycles. The number of pyridine rings is 1. The minimum Gasteiger partial charge on any atom is -0.370 e. The number of nitrogens with zero attached hydrogens (tertiary/aromatic N) is 1. The van der Waals surface area contributed by atoms with E-state index in [4.69, 9.17) is 11.6 Å². The Balaban J connectivity index is 2.25. The number of hydrogen-bond acceptors (Lipinski definition) is 4. The fourth-order valence-electron chi connectivity index (χ4n) is 1.60. The molecule has 1 aromatic heterocycles. The van der Waals surface area contributed by atoms with Crippen molar-refractivity contribution in [1.82, 2.24) is 4.98 Å². The second-order valence-electron chi connectivity index (χ2n) is 4.14. The molecule has 0 aliphatic rings. The summed E-state index contributed by atoms with van der Waals surface area (Å²) in [7, 11) is -3.83. The highest BCUT2D eigenvalue weighted by molar-refractivity contribution is 7.92. The average molecular weight is 330 g/mol. The van der Waals surface area contributed by atoms with Gasteiger partial charge in [-0.2, -0.15) is 0 Å². The third-order valence-electron chi connectivity index (χ3n) is 2.58. The number of sulfonamides is 1. The van der Waals surface area contributed by atoms with E-state index in [1.807, 2.05) is 6.92 Å². The maximum Gasteiger partial charge on any atom is 0.263 e. The number of benzene rings is 1. The molecule has 2 aromatic rings. The molecular weight excluding hydrogens is 317 g/mol. The molecule has 0 amide bonds. The molecule has 0 atom stereocenters. The summed E-state index contributed by atoms with van der Waals surface area (Å²) in [6.07, 6.45) is 1.23. The van der Waals surface area contributed by atoms with Crippen LogP contribution in [0.15, 0.2) is 41.4 Å². The van der Waals surface area contributed by atoms with E-state index in [0.29, 0.717) is 12.4 Å². The van der Waals surface area contributed by atoms with Crippen molar-refractivity contribution in [2.45, 2.75) is 11.8 Å². The monoisotopic (exact) mass is 329 g/mol. The zero-order chi connectivity index (χ0) is 15.5. The van der Waals surface area contributed by atoms with Gasteiger partial charge in [-0.15, -0.1) is 0 Å². The predicted octanol–water partition coefficient (Wildman–Crippen LogP) is 3.11. The number of aromatic nitrogens is 1. The number of anilines is 2. The van der Waals surface area contributed by atoms with Crippen LogP contribution in [0.2, 0.25) is 5.02 Å². The van der Waals surface area contributed by atoms with E-state index in [-0.39, 0.29) is 15.6 Å². The fraction of sp³-hybridized carbons (Fsp3) is 0.154. The summed E-state index contributed by atoms with van der Waals surface area (Å²) in [6.45, 7) is 2.59. The van der Waals surface area contributed by atoms with Crippen molar-refractivity contribution in [2.75, 3.05) is 16.6 Å². The maximum atomic E-state index is 12.9. The average Bonchev–Trinajstić information content (AvgIpc) is 2.43. The van der Waals surface area contributed by atoms with Gasteiger partial charge in [-0.3, -0.25) is 4.72 Å². The van der Waals surface area contributed by atoms with Crippen molar-refractivity contribution in [3.63, 3.8) is 0 Å². The number of rotatable bonds is 5. The van der Waals surface area contributed by atoms with Gasteiger partial charge in [0.2, 0.25) is 0 Å². The molecule has 0 spiro atoms. The van der Waals surface area contributed by atoms with E-state index in [1.165, 1.54) is 18.3 Å². The molecule has 0 aliphatic heterocycles. The highest BCUT2D eigenvalue weighted by atomic mass is 35.5. The van der Waals surface area contributed by atoms with Crippen molar-refractivity contribution in [3.05, 3.63) is 47.4 Å². The smallest absolute Gasteiger partial charge is 0.263 e. The SMILES string of the molecule is CCNc1ccc(S(=O)(=O)Nc2ccc(F)cc2Cl)cn1. The van der Waals surface area contributed by atoms with Crippen LogP contribution in [-0.4, -0.2) is 19.9 Å². The van der Waals surface area contributed by atoms with Crippen molar-refractivity contribution < 1.29 is 12.8 Å². The lowest BCUT2D eigenvalue weighted by Crippen LogP contribution is -2.14. The summed E-state index contributed by atoms with van der Waals surface area (Å²) in [5.74, 6) is 0.0378. The lowest BCUT2D eigenvalue weighted by atomic mass is 10.3. The molecule has 0 saturated heterocycles. The molecule has 1 heterocycles. The van der Waals surface area contributed by atoms with E-state index in [1.54, 1.807) is 6.07 Å². The van der Waals surface area contributed by atoms with E-state index in [9.17, 15) is 12.8 Å². The summed E-state index contributed by atoms with van der Waals surface area (Å²) in [5.41, 5.74) is 0.105. The van der Waals surface area contributed by atoms with Crippen LogP contribution in [0.3, 0.4) is 0 Å². The van der Waals surface area contributed by atoms with Crippen LogP contribution < -0.4 is 10.0 Å². The molecule has 0 bridgehead atoms. The molecular formula is C13H13ClFN3O2S. The van der Waals surface area contributed by atoms with E-state index >= 15 is 0 Å². The topological polar surface area (TPSA) is 71.1 Å².